The normalized spacial score (nSPS) is 13.3. The number of fused-ring (bicyclic) bond motifs is 10. The summed E-state index contributed by atoms with van der Waals surface area (Å²) in [6.07, 6.45) is 6.53. The molecule has 0 unspecified atom stereocenters. The number of benzene rings is 3. The van der Waals surface area contributed by atoms with E-state index in [0.29, 0.717) is 30.8 Å². The molecule has 0 radical (unpaired) electrons. The molecule has 0 spiro atoms. The Balaban J connectivity index is 1.26. The van der Waals surface area contributed by atoms with Gasteiger partial charge in [-0.1, -0.05) is 48.6 Å². The van der Waals surface area contributed by atoms with Gasteiger partial charge in [-0.05, 0) is 55.7 Å². The van der Waals surface area contributed by atoms with Gasteiger partial charge in [0, 0.05) is 29.7 Å². The fraction of sp³-hybridized carbons (Fsp3) is 0.161. The average molecular weight is 513 g/mol. The molecule has 8 heteroatoms. The lowest BCUT2D eigenvalue weighted by Crippen LogP contribution is -2.32. The number of rotatable bonds is 4. The highest BCUT2D eigenvalue weighted by Crippen LogP contribution is 2.26. The van der Waals surface area contributed by atoms with Gasteiger partial charge in [0.25, 0.3) is 0 Å². The minimum atomic E-state index is -0.120. The van der Waals surface area contributed by atoms with Crippen LogP contribution in [0.25, 0.3) is 50.3 Å². The van der Waals surface area contributed by atoms with Crippen LogP contribution < -0.4 is 11.4 Å². The van der Waals surface area contributed by atoms with Gasteiger partial charge in [0.2, 0.25) is 0 Å². The van der Waals surface area contributed by atoms with E-state index in [-0.39, 0.29) is 11.4 Å². The number of imidazole rings is 2. The maximum Gasteiger partial charge on any atom is 0.334 e. The van der Waals surface area contributed by atoms with E-state index in [9.17, 15) is 9.59 Å². The number of hydrogen-bond acceptors (Lipinski definition) is 4. The van der Waals surface area contributed by atoms with Gasteiger partial charge in [0.1, 0.15) is 0 Å². The van der Waals surface area contributed by atoms with Crippen LogP contribution in [-0.4, -0.2) is 27.9 Å². The van der Waals surface area contributed by atoms with Crippen LogP contribution in [0.2, 0.25) is 0 Å². The second kappa shape index (κ2) is 8.26. The topological polar surface area (TPSA) is 78.6 Å². The lowest BCUT2D eigenvalue weighted by atomic mass is 10.0. The third-order valence-electron chi connectivity index (χ3n) is 7.88. The van der Waals surface area contributed by atoms with Crippen LogP contribution in [0.1, 0.15) is 24.1 Å². The Kier molecular flexibility index (Phi) is 4.67. The van der Waals surface area contributed by atoms with Gasteiger partial charge in [0.15, 0.2) is 11.3 Å². The van der Waals surface area contributed by atoms with Crippen molar-refractivity contribution in [3.05, 3.63) is 111 Å². The molecule has 4 aromatic heterocycles. The number of hydrogen-bond donors (Lipinski definition) is 0. The molecule has 0 aliphatic heterocycles. The fourth-order valence-electron chi connectivity index (χ4n) is 6.13. The smallest absolute Gasteiger partial charge is 0.297 e. The van der Waals surface area contributed by atoms with Crippen LogP contribution in [0.3, 0.4) is 0 Å². The van der Waals surface area contributed by atoms with Crippen molar-refractivity contribution >= 4 is 50.3 Å². The molecule has 0 saturated heterocycles. The highest BCUT2D eigenvalue weighted by molar-refractivity contribution is 5.96. The molecule has 8 nitrogen and oxygen atoms in total. The van der Waals surface area contributed by atoms with E-state index >= 15 is 0 Å². The van der Waals surface area contributed by atoms with E-state index in [1.165, 1.54) is 0 Å². The summed E-state index contributed by atoms with van der Waals surface area (Å²) in [5.41, 5.74) is 7.26. The van der Waals surface area contributed by atoms with Gasteiger partial charge in [-0.2, -0.15) is 0 Å². The second-order valence-electron chi connectivity index (χ2n) is 10.1. The molecule has 190 valence electrons. The van der Waals surface area contributed by atoms with Crippen LogP contribution in [0.4, 0.5) is 0 Å². The van der Waals surface area contributed by atoms with Crippen molar-refractivity contribution in [3.8, 4) is 0 Å². The van der Waals surface area contributed by atoms with Gasteiger partial charge in [-0.3, -0.25) is 9.13 Å². The van der Waals surface area contributed by atoms with Crippen molar-refractivity contribution in [1.82, 2.24) is 27.9 Å². The lowest BCUT2D eigenvalue weighted by molar-refractivity contribution is 0.521. The van der Waals surface area contributed by atoms with Crippen LogP contribution in [0, 0.1) is 0 Å². The quantitative estimate of drug-likeness (QED) is 0.339. The predicted molar refractivity (Wildman–Crippen MR) is 153 cm³/mol. The monoisotopic (exact) mass is 512 g/mol. The van der Waals surface area contributed by atoms with Crippen molar-refractivity contribution in [1.29, 1.82) is 0 Å². The van der Waals surface area contributed by atoms with Crippen molar-refractivity contribution in [3.63, 3.8) is 0 Å². The Morgan fingerprint density at radius 1 is 0.667 bits per heavy atom. The molecule has 39 heavy (non-hydrogen) atoms. The van der Waals surface area contributed by atoms with E-state index in [0.717, 1.165) is 57.1 Å². The van der Waals surface area contributed by atoms with Gasteiger partial charge in [-0.15, -0.1) is 0 Å². The zero-order chi connectivity index (χ0) is 26.1. The highest BCUT2D eigenvalue weighted by atomic mass is 16.2. The van der Waals surface area contributed by atoms with E-state index in [1.54, 1.807) is 8.80 Å². The first kappa shape index (κ1) is 22.0. The standard InChI is InChI=1S/C31H24N6O2/c38-30-34(24-14-5-1-10-20(24)28-32-22-12-3-7-16-26(22)36(28)30)18-9-19-35-25-15-6-2-11-21(25)29-33-23-13-4-8-17-27(23)37(29)31(35)39/h1-5,7-8,10-14,16-17H,6,9,15,18-19H2. The number of aryl methyl sites for hydroxylation is 1. The summed E-state index contributed by atoms with van der Waals surface area (Å²) in [7, 11) is 0. The minimum Gasteiger partial charge on any atom is -0.297 e. The predicted octanol–water partition coefficient (Wildman–Crippen LogP) is 4.81. The lowest BCUT2D eigenvalue weighted by Gasteiger charge is -2.19. The average Bonchev–Trinajstić information content (AvgIpc) is 3.56. The van der Waals surface area contributed by atoms with Crippen molar-refractivity contribution in [2.24, 2.45) is 0 Å². The number of nitrogens with zero attached hydrogens (tertiary/aromatic N) is 6. The van der Waals surface area contributed by atoms with Crippen molar-refractivity contribution < 1.29 is 0 Å². The zero-order valence-corrected chi connectivity index (χ0v) is 21.1. The first-order valence-corrected chi connectivity index (χ1v) is 13.3. The summed E-state index contributed by atoms with van der Waals surface area (Å²) in [6.45, 7) is 0.975. The maximum absolute atomic E-state index is 13.9. The zero-order valence-electron chi connectivity index (χ0n) is 21.1. The molecule has 0 N–H and O–H groups in total. The summed E-state index contributed by atoms with van der Waals surface area (Å²) in [5, 5.41) is 0.930. The largest absolute Gasteiger partial charge is 0.334 e. The summed E-state index contributed by atoms with van der Waals surface area (Å²) in [6, 6.07) is 23.4. The van der Waals surface area contributed by atoms with Gasteiger partial charge in [-0.25, -0.2) is 28.4 Å². The number of para-hydroxylation sites is 5. The van der Waals surface area contributed by atoms with E-state index < -0.39 is 0 Å². The summed E-state index contributed by atoms with van der Waals surface area (Å²) >= 11 is 0. The van der Waals surface area contributed by atoms with Gasteiger partial charge >= 0.3 is 11.4 Å². The van der Waals surface area contributed by atoms with Crippen LogP contribution in [-0.2, 0) is 19.5 Å². The Hall–Kier alpha value is -4.98. The number of allylic oxidation sites excluding steroid dienone is 1. The third-order valence-corrected chi connectivity index (χ3v) is 7.88. The first-order valence-electron chi connectivity index (χ1n) is 13.3. The van der Waals surface area contributed by atoms with Crippen LogP contribution >= 0.6 is 0 Å². The van der Waals surface area contributed by atoms with Crippen LogP contribution in [0.5, 0.6) is 0 Å². The molecule has 0 bridgehead atoms. The third kappa shape index (κ3) is 3.11. The Morgan fingerprint density at radius 2 is 1.26 bits per heavy atom. The van der Waals surface area contributed by atoms with Crippen LogP contribution in [0.15, 0.2) is 88.5 Å². The highest BCUT2D eigenvalue weighted by Gasteiger charge is 2.21. The molecular formula is C31H24N6O2. The first-order chi connectivity index (χ1) is 19.2. The summed E-state index contributed by atoms with van der Waals surface area (Å²) in [5.74, 6) is 0. The van der Waals surface area contributed by atoms with Crippen molar-refractivity contribution in [2.45, 2.75) is 32.4 Å². The molecule has 4 heterocycles. The summed E-state index contributed by atoms with van der Waals surface area (Å²) in [4.78, 5) is 37.3. The molecule has 0 saturated carbocycles. The van der Waals surface area contributed by atoms with E-state index in [1.807, 2.05) is 81.9 Å². The Morgan fingerprint density at radius 3 is 2.03 bits per heavy atom. The Labute approximate surface area is 221 Å². The molecule has 1 aliphatic carbocycles. The van der Waals surface area contributed by atoms with E-state index in [2.05, 4.69) is 12.2 Å². The molecule has 8 rings (SSSR count). The fourth-order valence-corrected chi connectivity index (χ4v) is 6.13. The number of aromatic nitrogens is 6. The summed E-state index contributed by atoms with van der Waals surface area (Å²) < 4.78 is 7.15. The van der Waals surface area contributed by atoms with E-state index in [4.69, 9.17) is 9.97 Å². The molecule has 0 amide bonds. The minimum absolute atomic E-state index is 0.0824. The van der Waals surface area contributed by atoms with Gasteiger partial charge < -0.3 is 0 Å². The molecular weight excluding hydrogens is 488 g/mol. The van der Waals surface area contributed by atoms with Crippen molar-refractivity contribution in [2.75, 3.05) is 0 Å². The molecule has 7 aromatic rings. The Bertz CT molecular complexity index is 2260. The maximum atomic E-state index is 13.9. The molecule has 0 atom stereocenters. The molecule has 1 aliphatic rings. The SMILES string of the molecule is O=c1n(CCCn2c(=O)n3c4ccccc4nc3c3ccccc32)c2c(c3nc4ccccc4n13)C=CCC2. The van der Waals surface area contributed by atoms with Gasteiger partial charge in [0.05, 0.1) is 27.6 Å². The molecule has 3 aromatic carbocycles. The second-order valence-corrected chi connectivity index (χ2v) is 10.1. The molecule has 0 fully saturated rings.